The van der Waals surface area contributed by atoms with Crippen molar-refractivity contribution in [2.75, 3.05) is 6.54 Å². The first-order valence-electron chi connectivity index (χ1n) is 5.43. The predicted octanol–water partition coefficient (Wildman–Crippen LogP) is 1.74. The molecule has 0 radical (unpaired) electrons. The van der Waals surface area contributed by atoms with Crippen LogP contribution in [0.3, 0.4) is 0 Å². The Labute approximate surface area is 98.9 Å². The maximum absolute atomic E-state index is 9.26. The lowest BCUT2D eigenvalue weighted by atomic mass is 10.2. The average Bonchev–Trinajstić information content (AvgIpc) is 2.73. The zero-order valence-corrected chi connectivity index (χ0v) is 10.6. The summed E-state index contributed by atoms with van der Waals surface area (Å²) < 4.78 is 2.11. The van der Waals surface area contributed by atoms with E-state index in [1.807, 2.05) is 18.5 Å². The van der Waals surface area contributed by atoms with E-state index >= 15 is 0 Å². The Morgan fingerprint density at radius 2 is 2.31 bits per heavy atom. The van der Waals surface area contributed by atoms with Crippen LogP contribution in [-0.4, -0.2) is 27.1 Å². The number of thiazole rings is 1. The number of aromatic nitrogens is 2. The molecule has 88 valence electrons. The number of nitrogens with zero attached hydrogens (tertiary/aromatic N) is 2. The minimum atomic E-state index is -0.325. The zero-order valence-electron chi connectivity index (χ0n) is 9.77. The summed E-state index contributed by atoms with van der Waals surface area (Å²) >= 11 is 1.64. The van der Waals surface area contributed by atoms with E-state index in [-0.39, 0.29) is 12.1 Å². The second-order valence-corrected chi connectivity index (χ2v) is 4.99. The number of hydrogen-bond acceptors (Lipinski definition) is 4. The number of nitrogens with one attached hydrogen (secondary N) is 1. The van der Waals surface area contributed by atoms with Crippen LogP contribution < -0.4 is 5.32 Å². The molecule has 0 saturated carbocycles. The maximum Gasteiger partial charge on any atom is 0.194 e. The summed E-state index contributed by atoms with van der Waals surface area (Å²) in [4.78, 5) is 5.53. The van der Waals surface area contributed by atoms with Crippen LogP contribution in [0.5, 0.6) is 0 Å². The Hall–Kier alpha value is -0.910. The van der Waals surface area contributed by atoms with Gasteiger partial charge >= 0.3 is 0 Å². The summed E-state index contributed by atoms with van der Waals surface area (Å²) in [6.45, 7) is 6.49. The van der Waals surface area contributed by atoms with Crippen LogP contribution in [-0.2, 0) is 0 Å². The summed E-state index contributed by atoms with van der Waals surface area (Å²) in [6, 6.07) is 0.194. The van der Waals surface area contributed by atoms with Crippen LogP contribution in [0.15, 0.2) is 11.6 Å². The van der Waals surface area contributed by atoms with Gasteiger partial charge in [-0.2, -0.15) is 0 Å². The summed E-state index contributed by atoms with van der Waals surface area (Å²) in [7, 11) is 0. The first-order chi connectivity index (χ1) is 7.59. The first-order valence-corrected chi connectivity index (χ1v) is 6.31. The van der Waals surface area contributed by atoms with Crippen LogP contribution in [0.4, 0.5) is 0 Å². The number of aryl methyl sites for hydroxylation is 1. The molecule has 2 heterocycles. The van der Waals surface area contributed by atoms with Crippen LogP contribution in [0, 0.1) is 6.92 Å². The minimum Gasteiger partial charge on any atom is -0.392 e. The van der Waals surface area contributed by atoms with Crippen molar-refractivity contribution < 1.29 is 5.11 Å². The predicted molar refractivity (Wildman–Crippen MR) is 65.9 cm³/mol. The quantitative estimate of drug-likeness (QED) is 0.854. The Morgan fingerprint density at radius 1 is 1.56 bits per heavy atom. The highest BCUT2D eigenvalue weighted by molar-refractivity contribution is 7.15. The molecule has 0 saturated heterocycles. The molecule has 0 bridgehead atoms. The highest BCUT2D eigenvalue weighted by Crippen LogP contribution is 2.22. The van der Waals surface area contributed by atoms with Crippen LogP contribution in [0.2, 0.25) is 0 Å². The third-order valence-corrected chi connectivity index (χ3v) is 3.37. The first kappa shape index (κ1) is 11.6. The van der Waals surface area contributed by atoms with Gasteiger partial charge in [0.05, 0.1) is 17.5 Å². The third kappa shape index (κ3) is 2.11. The standard InChI is InChI=1S/C11H17N3OS/c1-7(15)6-12-8(2)10-9(3)13-11-14(10)4-5-16-11/h4-5,7-8,12,15H,6H2,1-3H3. The SMILES string of the molecule is Cc1nc2sccn2c1C(C)NCC(C)O. The number of rotatable bonds is 4. The lowest BCUT2D eigenvalue weighted by Crippen LogP contribution is -2.28. The topological polar surface area (TPSA) is 49.6 Å². The van der Waals surface area contributed by atoms with Gasteiger partial charge in [0.25, 0.3) is 0 Å². The fraction of sp³-hybridized carbons (Fsp3) is 0.545. The van der Waals surface area contributed by atoms with E-state index in [2.05, 4.69) is 21.6 Å². The Bertz CT molecular complexity index is 474. The van der Waals surface area contributed by atoms with Crippen LogP contribution in [0.1, 0.15) is 31.3 Å². The minimum absolute atomic E-state index is 0.194. The molecule has 2 rings (SSSR count). The van der Waals surface area contributed by atoms with Crippen molar-refractivity contribution in [1.29, 1.82) is 0 Å². The van der Waals surface area contributed by atoms with Gasteiger partial charge in [-0.25, -0.2) is 4.98 Å². The van der Waals surface area contributed by atoms with E-state index < -0.39 is 0 Å². The number of hydrogen-bond donors (Lipinski definition) is 2. The van der Waals surface area contributed by atoms with Crippen molar-refractivity contribution in [2.24, 2.45) is 0 Å². The Morgan fingerprint density at radius 3 is 3.00 bits per heavy atom. The van der Waals surface area contributed by atoms with Gasteiger partial charge in [0.1, 0.15) is 0 Å². The van der Waals surface area contributed by atoms with E-state index in [9.17, 15) is 5.11 Å². The highest BCUT2D eigenvalue weighted by Gasteiger charge is 2.15. The van der Waals surface area contributed by atoms with E-state index in [1.165, 1.54) is 5.69 Å². The highest BCUT2D eigenvalue weighted by atomic mass is 32.1. The summed E-state index contributed by atoms with van der Waals surface area (Å²) in [5, 5.41) is 14.6. The largest absolute Gasteiger partial charge is 0.392 e. The van der Waals surface area contributed by atoms with Gasteiger partial charge in [0.2, 0.25) is 0 Å². The normalized spacial score (nSPS) is 15.5. The fourth-order valence-electron chi connectivity index (χ4n) is 1.88. The molecule has 2 atom stereocenters. The van der Waals surface area contributed by atoms with Gasteiger partial charge in [-0.1, -0.05) is 0 Å². The summed E-state index contributed by atoms with van der Waals surface area (Å²) in [6.07, 6.45) is 1.71. The molecule has 16 heavy (non-hydrogen) atoms. The van der Waals surface area contributed by atoms with E-state index in [0.29, 0.717) is 6.54 Å². The molecule has 0 aliphatic rings. The fourth-order valence-corrected chi connectivity index (χ4v) is 2.64. The second-order valence-electron chi connectivity index (χ2n) is 4.12. The second kappa shape index (κ2) is 4.53. The van der Waals surface area contributed by atoms with E-state index in [1.54, 1.807) is 18.3 Å². The smallest absolute Gasteiger partial charge is 0.194 e. The molecule has 0 spiro atoms. The summed E-state index contributed by atoms with van der Waals surface area (Å²) in [5.41, 5.74) is 2.23. The molecule has 0 aliphatic carbocycles. The molecule has 2 aromatic rings. The average molecular weight is 239 g/mol. The number of aliphatic hydroxyl groups excluding tert-OH is 1. The van der Waals surface area contributed by atoms with Gasteiger partial charge in [-0.05, 0) is 20.8 Å². The van der Waals surface area contributed by atoms with Crippen LogP contribution in [0.25, 0.3) is 4.96 Å². The van der Waals surface area contributed by atoms with Gasteiger partial charge in [-0.15, -0.1) is 11.3 Å². The van der Waals surface area contributed by atoms with Crippen molar-refractivity contribution in [3.05, 3.63) is 23.0 Å². The molecule has 4 nitrogen and oxygen atoms in total. The lowest BCUT2D eigenvalue weighted by molar-refractivity contribution is 0.187. The third-order valence-electron chi connectivity index (χ3n) is 2.61. The lowest BCUT2D eigenvalue weighted by Gasteiger charge is -2.15. The molecule has 5 heteroatoms. The van der Waals surface area contributed by atoms with Crippen molar-refractivity contribution in [2.45, 2.75) is 32.9 Å². The van der Waals surface area contributed by atoms with Crippen molar-refractivity contribution in [1.82, 2.24) is 14.7 Å². The molecular weight excluding hydrogens is 222 g/mol. The van der Waals surface area contributed by atoms with Gasteiger partial charge in [0, 0.05) is 24.2 Å². The van der Waals surface area contributed by atoms with Gasteiger partial charge < -0.3 is 10.4 Å². The number of imidazole rings is 1. The molecule has 2 N–H and O–H groups in total. The van der Waals surface area contributed by atoms with Crippen molar-refractivity contribution in [3.8, 4) is 0 Å². The molecule has 0 fully saturated rings. The monoisotopic (exact) mass is 239 g/mol. The van der Waals surface area contributed by atoms with E-state index in [4.69, 9.17) is 0 Å². The molecule has 2 aromatic heterocycles. The maximum atomic E-state index is 9.26. The number of fused-ring (bicyclic) bond motifs is 1. The van der Waals surface area contributed by atoms with Crippen LogP contribution >= 0.6 is 11.3 Å². The number of aliphatic hydroxyl groups is 1. The van der Waals surface area contributed by atoms with Crippen molar-refractivity contribution in [3.63, 3.8) is 0 Å². The summed E-state index contributed by atoms with van der Waals surface area (Å²) in [5.74, 6) is 0. The molecule has 0 amide bonds. The molecule has 0 aliphatic heterocycles. The van der Waals surface area contributed by atoms with Crippen molar-refractivity contribution >= 4 is 16.3 Å². The zero-order chi connectivity index (χ0) is 11.7. The molecule has 0 aromatic carbocycles. The Kier molecular flexibility index (Phi) is 3.28. The van der Waals surface area contributed by atoms with Gasteiger partial charge in [-0.3, -0.25) is 4.40 Å². The van der Waals surface area contributed by atoms with E-state index in [0.717, 1.165) is 10.7 Å². The molecular formula is C11H17N3OS. The van der Waals surface area contributed by atoms with Gasteiger partial charge in [0.15, 0.2) is 4.96 Å². The molecule has 2 unspecified atom stereocenters. The Balaban J connectivity index is 2.24.